The molecule has 0 radical (unpaired) electrons. The molecule has 3 heteroatoms. The molecule has 0 aliphatic heterocycles. The van der Waals surface area contributed by atoms with Crippen molar-refractivity contribution in [1.82, 2.24) is 4.98 Å². The van der Waals surface area contributed by atoms with E-state index in [0.717, 1.165) is 27.7 Å². The maximum absolute atomic E-state index is 12.0. The van der Waals surface area contributed by atoms with Gasteiger partial charge in [-0.3, -0.25) is 0 Å². The van der Waals surface area contributed by atoms with Crippen LogP contribution in [0.25, 0.3) is 28.2 Å². The number of para-hydroxylation sites is 1. The summed E-state index contributed by atoms with van der Waals surface area (Å²) in [5.41, 5.74) is 3.61. The molecule has 0 saturated carbocycles. The molecule has 0 fully saturated rings. The van der Waals surface area contributed by atoms with E-state index < -0.39 is 5.60 Å². The SMILES string of the molecule is CC(C)(C)OC(=O)/C=C/c1c(-c2ccccc2)[nH]c2ccccc12. The first-order valence-electron chi connectivity index (χ1n) is 8.01. The van der Waals surface area contributed by atoms with Gasteiger partial charge in [0.15, 0.2) is 0 Å². The topological polar surface area (TPSA) is 42.1 Å². The van der Waals surface area contributed by atoms with E-state index in [-0.39, 0.29) is 5.97 Å². The number of hydrogen-bond acceptors (Lipinski definition) is 2. The number of aromatic nitrogens is 1. The van der Waals surface area contributed by atoms with Crippen LogP contribution in [-0.2, 0) is 9.53 Å². The van der Waals surface area contributed by atoms with E-state index in [1.165, 1.54) is 6.08 Å². The van der Waals surface area contributed by atoms with Gasteiger partial charge in [0.1, 0.15) is 5.60 Å². The van der Waals surface area contributed by atoms with Crippen LogP contribution in [0.3, 0.4) is 0 Å². The van der Waals surface area contributed by atoms with Crippen molar-refractivity contribution in [3.05, 3.63) is 66.2 Å². The molecule has 2 aromatic carbocycles. The first kappa shape index (κ1) is 16.1. The minimum absolute atomic E-state index is 0.341. The van der Waals surface area contributed by atoms with Crippen LogP contribution in [0.15, 0.2) is 60.7 Å². The number of benzene rings is 2. The van der Waals surface area contributed by atoms with Crippen LogP contribution in [-0.4, -0.2) is 16.6 Å². The second kappa shape index (κ2) is 6.36. The van der Waals surface area contributed by atoms with Crippen LogP contribution in [0, 0.1) is 0 Å². The summed E-state index contributed by atoms with van der Waals surface area (Å²) < 4.78 is 5.36. The highest BCUT2D eigenvalue weighted by Gasteiger charge is 2.15. The molecule has 3 nitrogen and oxygen atoms in total. The first-order chi connectivity index (χ1) is 11.4. The number of hydrogen-bond donors (Lipinski definition) is 1. The summed E-state index contributed by atoms with van der Waals surface area (Å²) in [5.74, 6) is -0.341. The van der Waals surface area contributed by atoms with Crippen LogP contribution in [0.4, 0.5) is 0 Å². The number of carbonyl (C=O) groups is 1. The van der Waals surface area contributed by atoms with Gasteiger partial charge in [-0.2, -0.15) is 0 Å². The number of carbonyl (C=O) groups excluding carboxylic acids is 1. The van der Waals surface area contributed by atoms with Gasteiger partial charge < -0.3 is 9.72 Å². The fourth-order valence-corrected chi connectivity index (χ4v) is 2.66. The highest BCUT2D eigenvalue weighted by atomic mass is 16.6. The van der Waals surface area contributed by atoms with E-state index in [4.69, 9.17) is 4.74 Å². The first-order valence-corrected chi connectivity index (χ1v) is 8.01. The van der Waals surface area contributed by atoms with Crippen molar-refractivity contribution in [2.75, 3.05) is 0 Å². The van der Waals surface area contributed by atoms with Crippen LogP contribution in [0.5, 0.6) is 0 Å². The predicted molar refractivity (Wildman–Crippen MR) is 98.6 cm³/mol. The van der Waals surface area contributed by atoms with Crippen molar-refractivity contribution in [3.63, 3.8) is 0 Å². The van der Waals surface area contributed by atoms with Crippen molar-refractivity contribution in [1.29, 1.82) is 0 Å². The molecular weight excluding hydrogens is 298 g/mol. The Morgan fingerprint density at radius 3 is 2.38 bits per heavy atom. The largest absolute Gasteiger partial charge is 0.457 e. The molecule has 0 saturated heterocycles. The lowest BCUT2D eigenvalue weighted by atomic mass is 10.0. The third-order valence-corrected chi connectivity index (χ3v) is 3.60. The second-order valence-electron chi connectivity index (χ2n) is 6.69. The highest BCUT2D eigenvalue weighted by molar-refractivity contribution is 5.99. The van der Waals surface area contributed by atoms with Crippen LogP contribution in [0.1, 0.15) is 26.3 Å². The minimum Gasteiger partial charge on any atom is -0.457 e. The standard InChI is InChI=1S/C21H21NO2/c1-21(2,3)24-19(23)14-13-17-16-11-7-8-12-18(16)22-20(17)15-9-5-4-6-10-15/h4-14,22H,1-3H3/b14-13+. The van der Waals surface area contributed by atoms with E-state index in [1.54, 1.807) is 0 Å². The summed E-state index contributed by atoms with van der Waals surface area (Å²) in [6.07, 6.45) is 3.32. The molecule has 0 atom stereocenters. The third kappa shape index (κ3) is 3.57. The minimum atomic E-state index is -0.496. The second-order valence-corrected chi connectivity index (χ2v) is 6.69. The Morgan fingerprint density at radius 1 is 1.00 bits per heavy atom. The van der Waals surface area contributed by atoms with E-state index in [1.807, 2.05) is 69.3 Å². The molecule has 0 aliphatic carbocycles. The lowest BCUT2D eigenvalue weighted by Gasteiger charge is -2.17. The number of fused-ring (bicyclic) bond motifs is 1. The molecule has 0 aliphatic rings. The Hall–Kier alpha value is -2.81. The Kier molecular flexibility index (Phi) is 4.26. The lowest BCUT2D eigenvalue weighted by Crippen LogP contribution is -2.22. The molecule has 1 aromatic heterocycles. The summed E-state index contributed by atoms with van der Waals surface area (Å²) in [7, 11) is 0. The molecule has 0 spiro atoms. The summed E-state index contributed by atoms with van der Waals surface area (Å²) >= 11 is 0. The van der Waals surface area contributed by atoms with E-state index in [0.29, 0.717) is 0 Å². The van der Waals surface area contributed by atoms with Gasteiger partial charge in [0, 0.05) is 22.5 Å². The molecule has 3 aromatic rings. The van der Waals surface area contributed by atoms with E-state index >= 15 is 0 Å². The molecule has 1 N–H and O–H groups in total. The Balaban J connectivity index is 2.04. The van der Waals surface area contributed by atoms with Crippen molar-refractivity contribution in [2.45, 2.75) is 26.4 Å². The number of esters is 1. The zero-order valence-corrected chi connectivity index (χ0v) is 14.2. The predicted octanol–water partition coefficient (Wildman–Crippen LogP) is 5.19. The molecular formula is C21H21NO2. The Morgan fingerprint density at radius 2 is 1.67 bits per heavy atom. The number of aromatic amines is 1. The van der Waals surface area contributed by atoms with Gasteiger partial charge in [-0.15, -0.1) is 0 Å². The van der Waals surface area contributed by atoms with Gasteiger partial charge in [-0.25, -0.2) is 4.79 Å². The van der Waals surface area contributed by atoms with E-state index in [2.05, 4.69) is 17.1 Å². The number of H-pyrrole nitrogens is 1. The maximum atomic E-state index is 12.0. The van der Waals surface area contributed by atoms with Crippen molar-refractivity contribution >= 4 is 22.9 Å². The Labute approximate surface area is 142 Å². The van der Waals surface area contributed by atoms with Gasteiger partial charge in [0.2, 0.25) is 0 Å². The van der Waals surface area contributed by atoms with E-state index in [9.17, 15) is 4.79 Å². The highest BCUT2D eigenvalue weighted by Crippen LogP contribution is 2.31. The van der Waals surface area contributed by atoms with Crippen molar-refractivity contribution in [3.8, 4) is 11.3 Å². The number of nitrogens with one attached hydrogen (secondary N) is 1. The number of ether oxygens (including phenoxy) is 1. The fraction of sp³-hybridized carbons (Fsp3) is 0.190. The summed E-state index contributed by atoms with van der Waals surface area (Å²) in [6, 6.07) is 18.2. The normalized spacial score (nSPS) is 12.0. The fourth-order valence-electron chi connectivity index (χ4n) is 2.66. The van der Waals surface area contributed by atoms with Crippen LogP contribution in [0.2, 0.25) is 0 Å². The molecule has 0 unspecified atom stereocenters. The monoisotopic (exact) mass is 319 g/mol. The molecule has 24 heavy (non-hydrogen) atoms. The van der Waals surface area contributed by atoms with Gasteiger partial charge in [-0.05, 0) is 38.5 Å². The summed E-state index contributed by atoms with van der Waals surface area (Å²) in [6.45, 7) is 5.58. The third-order valence-electron chi connectivity index (χ3n) is 3.60. The van der Waals surface area contributed by atoms with Crippen molar-refractivity contribution in [2.24, 2.45) is 0 Å². The molecule has 122 valence electrons. The van der Waals surface area contributed by atoms with Gasteiger partial charge >= 0.3 is 5.97 Å². The van der Waals surface area contributed by atoms with Crippen LogP contribution >= 0.6 is 0 Å². The molecule has 0 bridgehead atoms. The lowest BCUT2D eigenvalue weighted by molar-refractivity contribution is -0.148. The molecule has 0 amide bonds. The van der Waals surface area contributed by atoms with Gasteiger partial charge in [-0.1, -0.05) is 48.5 Å². The number of rotatable bonds is 3. The molecule has 3 rings (SSSR count). The molecule has 1 heterocycles. The van der Waals surface area contributed by atoms with Gasteiger partial charge in [0.25, 0.3) is 0 Å². The average molecular weight is 319 g/mol. The van der Waals surface area contributed by atoms with Crippen molar-refractivity contribution < 1.29 is 9.53 Å². The van der Waals surface area contributed by atoms with Crippen LogP contribution < -0.4 is 0 Å². The quantitative estimate of drug-likeness (QED) is 0.533. The summed E-state index contributed by atoms with van der Waals surface area (Å²) in [4.78, 5) is 15.5. The average Bonchev–Trinajstić information content (AvgIpc) is 2.91. The smallest absolute Gasteiger partial charge is 0.331 e. The van der Waals surface area contributed by atoms with Gasteiger partial charge in [0.05, 0.1) is 5.69 Å². The Bertz CT molecular complexity index is 883. The zero-order chi connectivity index (χ0) is 17.2. The maximum Gasteiger partial charge on any atom is 0.331 e. The zero-order valence-electron chi connectivity index (χ0n) is 14.2. The summed E-state index contributed by atoms with van der Waals surface area (Å²) in [5, 5.41) is 1.08.